The monoisotopic (exact) mass is 594 g/mol. The lowest BCUT2D eigenvalue weighted by Crippen LogP contribution is -2.31. The number of rotatable bonds is 8. The van der Waals surface area contributed by atoms with Crippen molar-refractivity contribution in [3.63, 3.8) is 0 Å². The van der Waals surface area contributed by atoms with Gasteiger partial charge in [-0.25, -0.2) is 10.2 Å². The quantitative estimate of drug-likeness (QED) is 0.0814. The third-order valence-corrected chi connectivity index (χ3v) is 6.91. The normalized spacial score (nSPS) is 17.4. The Morgan fingerprint density at radius 2 is 1.67 bits per heavy atom. The standard InChI is InChI=1S/C20H30FN5O.C8H17N.2C2H6.CH5N/c1-14(2)24-20(25-16-8-6-4-5-7-9-16)12-15(3)26(22)17-10-11-19(27-23)18(21)13-17;1-3-8-6-5-7-9(8)4-2;3*1-2/h10-13,16H,1,4-9,22-23H2,2-3H3,(H,24,25);8H,3-7H2,1-2H3;2*1-2H3;2H2,1H3/b15-12+;;;;. The fourth-order valence-electron chi connectivity index (χ4n) is 4.89. The number of halogens is 1. The van der Waals surface area contributed by atoms with E-state index in [4.69, 9.17) is 16.7 Å². The number of hydrogen-bond acceptors (Lipinski definition) is 7. The highest BCUT2D eigenvalue weighted by Crippen LogP contribution is 2.24. The second-order valence-electron chi connectivity index (χ2n) is 9.79. The molecule has 244 valence electrons. The molecular weight excluding hydrogens is 529 g/mol. The SMILES string of the molecule is C=C(C)NC(/C=C(\C)N(N)c1ccc(ON)c(F)c1)=NC1CCCCCC1.CC.CC.CCC1CCCN1CC.CN. The summed E-state index contributed by atoms with van der Waals surface area (Å²) in [6.07, 6.45) is 13.2. The van der Waals surface area contributed by atoms with Crippen molar-refractivity contribution in [3.05, 3.63) is 48.1 Å². The Morgan fingerprint density at radius 3 is 2.12 bits per heavy atom. The van der Waals surface area contributed by atoms with Gasteiger partial charge in [-0.3, -0.25) is 10.0 Å². The lowest BCUT2D eigenvalue weighted by molar-refractivity contribution is 0.262. The van der Waals surface area contributed by atoms with Gasteiger partial charge in [0.05, 0.1) is 11.7 Å². The van der Waals surface area contributed by atoms with Gasteiger partial charge in [0, 0.05) is 29.6 Å². The Labute approximate surface area is 257 Å². The smallest absolute Gasteiger partial charge is 0.182 e. The first-order chi connectivity index (χ1) is 20.3. The van der Waals surface area contributed by atoms with E-state index in [0.717, 1.165) is 24.6 Å². The molecule has 1 aliphatic carbocycles. The molecule has 2 fully saturated rings. The molecule has 1 saturated heterocycles. The third-order valence-electron chi connectivity index (χ3n) is 6.91. The second-order valence-corrected chi connectivity index (χ2v) is 9.79. The Hall–Kier alpha value is -2.46. The second kappa shape index (κ2) is 26.2. The molecule has 0 radical (unpaired) electrons. The van der Waals surface area contributed by atoms with Crippen LogP contribution in [0.5, 0.6) is 5.75 Å². The first-order valence-corrected chi connectivity index (χ1v) is 16.0. The Balaban J connectivity index is 0. The van der Waals surface area contributed by atoms with Crippen molar-refractivity contribution in [2.24, 2.45) is 22.5 Å². The van der Waals surface area contributed by atoms with Gasteiger partial charge in [-0.05, 0) is 78.2 Å². The summed E-state index contributed by atoms with van der Waals surface area (Å²) in [7, 11) is 1.50. The minimum absolute atomic E-state index is 0.0339. The minimum Gasteiger partial charge on any atom is -0.408 e. The fraction of sp³-hybridized carbons (Fsp3) is 0.667. The van der Waals surface area contributed by atoms with E-state index in [1.165, 1.54) is 82.2 Å². The lowest BCUT2D eigenvalue weighted by atomic mass is 10.1. The summed E-state index contributed by atoms with van der Waals surface area (Å²) < 4.78 is 13.9. The zero-order valence-corrected chi connectivity index (χ0v) is 28.3. The van der Waals surface area contributed by atoms with E-state index in [1.54, 1.807) is 6.07 Å². The molecule has 0 amide bonds. The fourth-order valence-corrected chi connectivity index (χ4v) is 4.89. The van der Waals surface area contributed by atoms with E-state index in [9.17, 15) is 4.39 Å². The van der Waals surface area contributed by atoms with E-state index in [1.807, 2.05) is 47.6 Å². The zero-order chi connectivity index (χ0) is 32.5. The maximum atomic E-state index is 13.9. The third kappa shape index (κ3) is 16.2. The molecule has 42 heavy (non-hydrogen) atoms. The van der Waals surface area contributed by atoms with Crippen LogP contribution >= 0.6 is 0 Å². The van der Waals surface area contributed by atoms with Crippen LogP contribution in [-0.2, 0) is 0 Å². The van der Waals surface area contributed by atoms with Crippen LogP contribution in [0.25, 0.3) is 0 Å². The van der Waals surface area contributed by atoms with Crippen molar-refractivity contribution in [2.45, 2.75) is 125 Å². The van der Waals surface area contributed by atoms with Crippen LogP contribution in [0.3, 0.4) is 0 Å². The number of benzene rings is 1. The average Bonchev–Trinajstić information content (AvgIpc) is 3.34. The molecule has 0 spiro atoms. The molecule has 0 bridgehead atoms. The van der Waals surface area contributed by atoms with E-state index < -0.39 is 5.82 Å². The highest BCUT2D eigenvalue weighted by atomic mass is 19.1. The van der Waals surface area contributed by atoms with E-state index in [-0.39, 0.29) is 5.75 Å². The number of hydrazine groups is 1. The van der Waals surface area contributed by atoms with Crippen LogP contribution < -0.4 is 32.6 Å². The van der Waals surface area contributed by atoms with E-state index in [2.05, 4.69) is 41.2 Å². The van der Waals surface area contributed by atoms with Gasteiger partial charge in [0.15, 0.2) is 11.6 Å². The van der Waals surface area contributed by atoms with Crippen LogP contribution in [0, 0.1) is 5.82 Å². The molecule has 1 aromatic rings. The van der Waals surface area contributed by atoms with Crippen molar-refractivity contribution in [1.29, 1.82) is 0 Å². The molecule has 8 nitrogen and oxygen atoms in total. The highest BCUT2D eigenvalue weighted by molar-refractivity contribution is 5.95. The number of allylic oxidation sites excluding steroid dienone is 2. The molecule has 1 aliphatic heterocycles. The predicted molar refractivity (Wildman–Crippen MR) is 182 cm³/mol. The van der Waals surface area contributed by atoms with Gasteiger partial charge in [0.2, 0.25) is 0 Å². The summed E-state index contributed by atoms with van der Waals surface area (Å²) in [4.78, 5) is 11.9. The van der Waals surface area contributed by atoms with Crippen LogP contribution in [0.15, 0.2) is 47.2 Å². The van der Waals surface area contributed by atoms with Crippen molar-refractivity contribution in [1.82, 2.24) is 10.2 Å². The Morgan fingerprint density at radius 1 is 1.07 bits per heavy atom. The Kier molecular flexibility index (Phi) is 26.0. The molecule has 1 heterocycles. The summed E-state index contributed by atoms with van der Waals surface area (Å²) in [5.41, 5.74) is 6.48. The first kappa shape index (κ1) is 41.7. The van der Waals surface area contributed by atoms with Crippen LogP contribution in [0.1, 0.15) is 113 Å². The van der Waals surface area contributed by atoms with Gasteiger partial charge in [-0.2, -0.15) is 5.90 Å². The largest absolute Gasteiger partial charge is 0.408 e. The topological polar surface area (TPSA) is 118 Å². The van der Waals surface area contributed by atoms with Crippen molar-refractivity contribution in [3.8, 4) is 5.75 Å². The maximum Gasteiger partial charge on any atom is 0.182 e. The zero-order valence-electron chi connectivity index (χ0n) is 28.3. The van der Waals surface area contributed by atoms with Gasteiger partial charge in [0.1, 0.15) is 5.84 Å². The number of anilines is 1. The van der Waals surface area contributed by atoms with Crippen LogP contribution in [-0.4, -0.2) is 43.0 Å². The molecule has 3 rings (SSSR count). The van der Waals surface area contributed by atoms with Crippen molar-refractivity contribution >= 4 is 11.5 Å². The summed E-state index contributed by atoms with van der Waals surface area (Å²) in [5, 5.41) is 4.60. The summed E-state index contributed by atoms with van der Waals surface area (Å²) >= 11 is 0. The molecular formula is C33H64FN7O. The molecule has 7 N–H and O–H groups in total. The molecule has 1 atom stereocenters. The van der Waals surface area contributed by atoms with Crippen molar-refractivity contribution in [2.75, 3.05) is 25.1 Å². The molecule has 1 unspecified atom stereocenters. The summed E-state index contributed by atoms with van der Waals surface area (Å²) in [6.45, 7) is 22.8. The van der Waals surface area contributed by atoms with Gasteiger partial charge in [-0.1, -0.05) is 73.8 Å². The van der Waals surface area contributed by atoms with E-state index in [0.29, 0.717) is 23.3 Å². The summed E-state index contributed by atoms with van der Waals surface area (Å²) in [6, 6.07) is 5.55. The Bertz CT molecular complexity index is 873. The molecule has 2 aliphatic rings. The van der Waals surface area contributed by atoms with Gasteiger partial charge in [-0.15, -0.1) is 0 Å². The predicted octanol–water partition coefficient (Wildman–Crippen LogP) is 7.41. The van der Waals surface area contributed by atoms with E-state index >= 15 is 0 Å². The molecule has 1 aromatic carbocycles. The number of amidine groups is 1. The van der Waals surface area contributed by atoms with Crippen molar-refractivity contribution < 1.29 is 9.23 Å². The van der Waals surface area contributed by atoms with Crippen LogP contribution in [0.4, 0.5) is 10.1 Å². The first-order valence-electron chi connectivity index (χ1n) is 16.0. The maximum absolute atomic E-state index is 13.9. The number of likely N-dealkylation sites (tertiary alicyclic amines) is 1. The lowest BCUT2D eigenvalue weighted by Gasteiger charge is -2.21. The number of nitrogens with one attached hydrogen (secondary N) is 1. The average molecular weight is 594 g/mol. The number of nitrogens with zero attached hydrogens (tertiary/aromatic N) is 3. The minimum atomic E-state index is -0.578. The molecule has 9 heteroatoms. The van der Waals surface area contributed by atoms with Crippen LogP contribution in [0.2, 0.25) is 0 Å². The number of nitrogens with two attached hydrogens (primary N) is 3. The number of hydrogen-bond donors (Lipinski definition) is 4. The number of aliphatic imine (C=N–C) groups is 1. The molecule has 1 saturated carbocycles. The van der Waals surface area contributed by atoms with Gasteiger partial charge in [0.25, 0.3) is 0 Å². The highest BCUT2D eigenvalue weighted by Gasteiger charge is 2.20. The van der Waals surface area contributed by atoms with Gasteiger partial charge < -0.3 is 20.8 Å². The van der Waals surface area contributed by atoms with Gasteiger partial charge >= 0.3 is 0 Å². The molecule has 0 aromatic heterocycles. The summed E-state index contributed by atoms with van der Waals surface area (Å²) in [5.74, 6) is 11.3.